The first kappa shape index (κ1) is 13.9. The van der Waals surface area contributed by atoms with Crippen molar-refractivity contribution in [3.05, 3.63) is 30.5 Å². The van der Waals surface area contributed by atoms with Crippen molar-refractivity contribution in [3.8, 4) is 0 Å². The molecular formula is C16H21N3O2. The molecule has 5 heteroatoms. The van der Waals surface area contributed by atoms with Crippen LogP contribution >= 0.6 is 0 Å². The molecule has 5 nitrogen and oxygen atoms in total. The van der Waals surface area contributed by atoms with Gasteiger partial charge < -0.3 is 20.7 Å². The van der Waals surface area contributed by atoms with Crippen LogP contribution in [0, 0.1) is 5.92 Å². The summed E-state index contributed by atoms with van der Waals surface area (Å²) in [5.74, 6) is 0.177. The van der Waals surface area contributed by atoms with Gasteiger partial charge in [0.15, 0.2) is 0 Å². The Labute approximate surface area is 123 Å². The fraction of sp³-hybridized carbons (Fsp3) is 0.438. The number of rotatable bonds is 3. The predicted molar refractivity (Wildman–Crippen MR) is 83.3 cm³/mol. The van der Waals surface area contributed by atoms with Gasteiger partial charge in [0.1, 0.15) is 0 Å². The lowest BCUT2D eigenvalue weighted by Gasteiger charge is -2.30. The molecule has 1 fully saturated rings. The second kappa shape index (κ2) is 6.18. The van der Waals surface area contributed by atoms with E-state index >= 15 is 0 Å². The van der Waals surface area contributed by atoms with Crippen molar-refractivity contribution in [2.45, 2.75) is 31.7 Å². The summed E-state index contributed by atoms with van der Waals surface area (Å²) < 4.78 is 0. The molecule has 0 saturated heterocycles. The number of aromatic nitrogens is 1. The minimum atomic E-state index is -0.199. The minimum absolute atomic E-state index is 0.0692. The SMILES string of the molecule is O=C(Nc1ccc2[nH]ccc2c1)NC1CCCCC1CO. The van der Waals surface area contributed by atoms with Crippen LogP contribution in [0.25, 0.3) is 10.9 Å². The van der Waals surface area contributed by atoms with E-state index in [1.807, 2.05) is 30.5 Å². The number of urea groups is 1. The molecule has 0 radical (unpaired) electrons. The van der Waals surface area contributed by atoms with E-state index in [4.69, 9.17) is 0 Å². The van der Waals surface area contributed by atoms with E-state index in [2.05, 4.69) is 15.6 Å². The fourth-order valence-electron chi connectivity index (χ4n) is 3.08. The van der Waals surface area contributed by atoms with Crippen LogP contribution < -0.4 is 10.6 Å². The van der Waals surface area contributed by atoms with E-state index in [1.54, 1.807) is 0 Å². The van der Waals surface area contributed by atoms with Crippen molar-refractivity contribution in [3.63, 3.8) is 0 Å². The van der Waals surface area contributed by atoms with Crippen LogP contribution in [0.15, 0.2) is 30.5 Å². The maximum Gasteiger partial charge on any atom is 0.319 e. The molecular weight excluding hydrogens is 266 g/mol. The third-order valence-electron chi connectivity index (χ3n) is 4.27. The summed E-state index contributed by atoms with van der Waals surface area (Å²) in [7, 11) is 0. The molecule has 2 unspecified atom stereocenters. The summed E-state index contributed by atoms with van der Waals surface area (Å²) in [5.41, 5.74) is 1.82. The van der Waals surface area contributed by atoms with Gasteiger partial charge in [-0.1, -0.05) is 12.8 Å². The van der Waals surface area contributed by atoms with Gasteiger partial charge in [-0.15, -0.1) is 0 Å². The number of aliphatic hydroxyl groups excluding tert-OH is 1. The van der Waals surface area contributed by atoms with E-state index in [9.17, 15) is 9.90 Å². The van der Waals surface area contributed by atoms with E-state index in [1.165, 1.54) is 0 Å². The number of carbonyl (C=O) groups excluding carboxylic acids is 1. The van der Waals surface area contributed by atoms with Crippen LogP contribution in [0.3, 0.4) is 0 Å². The minimum Gasteiger partial charge on any atom is -0.396 e. The quantitative estimate of drug-likeness (QED) is 0.700. The lowest BCUT2D eigenvalue weighted by Crippen LogP contribution is -2.45. The Morgan fingerprint density at radius 1 is 1.29 bits per heavy atom. The number of anilines is 1. The van der Waals surface area contributed by atoms with E-state index in [0.29, 0.717) is 0 Å². The monoisotopic (exact) mass is 287 g/mol. The Morgan fingerprint density at radius 2 is 2.14 bits per heavy atom. The molecule has 3 rings (SSSR count). The Kier molecular flexibility index (Phi) is 4.10. The van der Waals surface area contributed by atoms with Crippen molar-refractivity contribution in [1.29, 1.82) is 0 Å². The highest BCUT2D eigenvalue weighted by Crippen LogP contribution is 2.24. The zero-order valence-electron chi connectivity index (χ0n) is 11.9. The fourth-order valence-corrected chi connectivity index (χ4v) is 3.08. The van der Waals surface area contributed by atoms with Gasteiger partial charge in [-0.3, -0.25) is 0 Å². The Bertz CT molecular complexity index is 623. The smallest absolute Gasteiger partial charge is 0.319 e. The lowest BCUT2D eigenvalue weighted by molar-refractivity contribution is 0.156. The molecule has 1 aromatic carbocycles. The molecule has 1 heterocycles. The molecule has 21 heavy (non-hydrogen) atoms. The molecule has 0 aliphatic heterocycles. The first-order chi connectivity index (χ1) is 10.3. The Morgan fingerprint density at radius 3 is 3.00 bits per heavy atom. The summed E-state index contributed by atoms with van der Waals surface area (Å²) >= 11 is 0. The van der Waals surface area contributed by atoms with Gasteiger partial charge in [-0.2, -0.15) is 0 Å². The Balaban J connectivity index is 1.62. The number of nitrogens with one attached hydrogen (secondary N) is 3. The maximum atomic E-state index is 12.1. The molecule has 1 aliphatic rings. The largest absolute Gasteiger partial charge is 0.396 e. The van der Waals surface area contributed by atoms with Crippen LogP contribution in [0.4, 0.5) is 10.5 Å². The second-order valence-electron chi connectivity index (χ2n) is 5.71. The average Bonchev–Trinajstić information content (AvgIpc) is 2.95. The number of amides is 2. The summed E-state index contributed by atoms with van der Waals surface area (Å²) in [5, 5.41) is 16.3. The van der Waals surface area contributed by atoms with Crippen molar-refractivity contribution < 1.29 is 9.90 Å². The molecule has 1 aliphatic carbocycles. The number of aliphatic hydroxyl groups is 1. The summed E-state index contributed by atoms with van der Waals surface area (Å²) in [4.78, 5) is 15.2. The molecule has 2 atom stereocenters. The molecule has 1 saturated carbocycles. The van der Waals surface area contributed by atoms with Crippen molar-refractivity contribution in [1.82, 2.24) is 10.3 Å². The highest BCUT2D eigenvalue weighted by molar-refractivity contribution is 5.92. The predicted octanol–water partition coefficient (Wildman–Crippen LogP) is 2.84. The van der Waals surface area contributed by atoms with Gasteiger partial charge in [0.25, 0.3) is 0 Å². The normalized spacial score (nSPS) is 22.1. The molecule has 0 spiro atoms. The van der Waals surface area contributed by atoms with Crippen LogP contribution in [0.2, 0.25) is 0 Å². The topological polar surface area (TPSA) is 77.2 Å². The average molecular weight is 287 g/mol. The zero-order chi connectivity index (χ0) is 14.7. The van der Waals surface area contributed by atoms with Crippen LogP contribution in [-0.2, 0) is 0 Å². The molecule has 1 aromatic heterocycles. The lowest BCUT2D eigenvalue weighted by atomic mass is 9.85. The van der Waals surface area contributed by atoms with Gasteiger partial charge in [0, 0.05) is 41.4 Å². The number of fused-ring (bicyclic) bond motifs is 1. The van der Waals surface area contributed by atoms with E-state index < -0.39 is 0 Å². The standard InChI is InChI=1S/C16H21N3O2/c20-10-12-3-1-2-4-15(12)19-16(21)18-13-5-6-14-11(9-13)7-8-17-14/h5-9,12,15,17,20H,1-4,10H2,(H2,18,19,21). The van der Waals surface area contributed by atoms with Gasteiger partial charge in [-0.05, 0) is 37.1 Å². The molecule has 2 aromatic rings. The summed E-state index contributed by atoms with van der Waals surface area (Å²) in [6, 6.07) is 7.61. The molecule has 4 N–H and O–H groups in total. The highest BCUT2D eigenvalue weighted by Gasteiger charge is 2.25. The summed E-state index contributed by atoms with van der Waals surface area (Å²) in [6.07, 6.45) is 6.04. The van der Waals surface area contributed by atoms with Gasteiger partial charge in [0.05, 0.1) is 0 Å². The molecule has 2 amide bonds. The molecule has 112 valence electrons. The number of benzene rings is 1. The summed E-state index contributed by atoms with van der Waals surface area (Å²) in [6.45, 7) is 0.139. The van der Waals surface area contributed by atoms with Gasteiger partial charge >= 0.3 is 6.03 Å². The third kappa shape index (κ3) is 3.19. The maximum absolute atomic E-state index is 12.1. The zero-order valence-corrected chi connectivity index (χ0v) is 11.9. The van der Waals surface area contributed by atoms with Crippen molar-refractivity contribution in [2.24, 2.45) is 5.92 Å². The van der Waals surface area contributed by atoms with Crippen LogP contribution in [0.1, 0.15) is 25.7 Å². The highest BCUT2D eigenvalue weighted by atomic mass is 16.3. The number of hydrogen-bond donors (Lipinski definition) is 4. The van der Waals surface area contributed by atoms with E-state index in [0.717, 1.165) is 42.3 Å². The Hall–Kier alpha value is -2.01. The first-order valence-corrected chi connectivity index (χ1v) is 7.52. The van der Waals surface area contributed by atoms with Gasteiger partial charge in [0.2, 0.25) is 0 Å². The number of aromatic amines is 1. The number of H-pyrrole nitrogens is 1. The van der Waals surface area contributed by atoms with Crippen molar-refractivity contribution >= 4 is 22.6 Å². The second-order valence-corrected chi connectivity index (χ2v) is 5.71. The molecule has 0 bridgehead atoms. The van der Waals surface area contributed by atoms with Gasteiger partial charge in [-0.25, -0.2) is 4.79 Å². The van der Waals surface area contributed by atoms with Crippen LogP contribution in [-0.4, -0.2) is 28.8 Å². The van der Waals surface area contributed by atoms with Crippen LogP contribution in [0.5, 0.6) is 0 Å². The first-order valence-electron chi connectivity index (χ1n) is 7.52. The third-order valence-corrected chi connectivity index (χ3v) is 4.27. The van der Waals surface area contributed by atoms with E-state index in [-0.39, 0.29) is 24.6 Å². The number of hydrogen-bond acceptors (Lipinski definition) is 2. The van der Waals surface area contributed by atoms with Crippen molar-refractivity contribution in [2.75, 3.05) is 11.9 Å². The number of carbonyl (C=O) groups is 1.